The zero-order valence-electron chi connectivity index (χ0n) is 14.0. The lowest BCUT2D eigenvalue weighted by Crippen LogP contribution is -2.57. The molecule has 2 unspecified atom stereocenters. The fourth-order valence-corrected chi connectivity index (χ4v) is 4.47. The fraction of sp³-hybridized carbons (Fsp3) is 1.00. The van der Waals surface area contributed by atoms with Gasteiger partial charge in [0.25, 0.3) is 0 Å². The Hall–Kier alpha value is -0.0800. The molecule has 0 amide bonds. The lowest BCUT2D eigenvalue weighted by Gasteiger charge is -2.49. The Bertz CT molecular complexity index is 283. The molecule has 2 atom stereocenters. The first-order valence-corrected chi connectivity index (χ1v) is 9.14. The first-order chi connectivity index (χ1) is 9.69. The van der Waals surface area contributed by atoms with Gasteiger partial charge in [0.1, 0.15) is 0 Å². The van der Waals surface area contributed by atoms with Gasteiger partial charge in [-0.3, -0.25) is 4.90 Å². The minimum atomic E-state index is 0.322. The average molecular weight is 280 g/mol. The number of nitrogens with two attached hydrogens (primary N) is 1. The van der Waals surface area contributed by atoms with Crippen LogP contribution in [0, 0.1) is 17.8 Å². The van der Waals surface area contributed by atoms with Gasteiger partial charge in [0, 0.05) is 18.6 Å². The molecule has 2 heteroatoms. The fourth-order valence-electron chi connectivity index (χ4n) is 4.47. The van der Waals surface area contributed by atoms with Crippen molar-refractivity contribution in [2.45, 2.75) is 77.7 Å². The summed E-state index contributed by atoms with van der Waals surface area (Å²) in [5.41, 5.74) is 6.64. The summed E-state index contributed by atoms with van der Waals surface area (Å²) in [4.78, 5) is 2.76. The predicted octanol–water partition coefficient (Wildman–Crippen LogP) is 4.04. The van der Waals surface area contributed by atoms with Gasteiger partial charge >= 0.3 is 0 Å². The molecule has 0 aromatic rings. The minimum absolute atomic E-state index is 0.322. The third kappa shape index (κ3) is 3.57. The van der Waals surface area contributed by atoms with Gasteiger partial charge in [-0.25, -0.2) is 0 Å². The van der Waals surface area contributed by atoms with Crippen LogP contribution in [0.15, 0.2) is 0 Å². The molecule has 0 saturated heterocycles. The van der Waals surface area contributed by atoms with Crippen molar-refractivity contribution < 1.29 is 0 Å². The maximum absolute atomic E-state index is 6.31. The van der Waals surface area contributed by atoms with Crippen molar-refractivity contribution in [1.82, 2.24) is 4.90 Å². The van der Waals surface area contributed by atoms with E-state index in [1.807, 2.05) is 0 Å². The molecule has 20 heavy (non-hydrogen) atoms. The topological polar surface area (TPSA) is 29.3 Å². The van der Waals surface area contributed by atoms with Gasteiger partial charge in [0.05, 0.1) is 0 Å². The summed E-state index contributed by atoms with van der Waals surface area (Å²) in [6.07, 6.45) is 11.2. The lowest BCUT2D eigenvalue weighted by molar-refractivity contribution is 0.0222. The number of rotatable bonds is 8. The van der Waals surface area contributed by atoms with Crippen molar-refractivity contribution in [2.75, 3.05) is 19.6 Å². The van der Waals surface area contributed by atoms with Gasteiger partial charge in [0.2, 0.25) is 0 Å². The van der Waals surface area contributed by atoms with Gasteiger partial charge in [0.15, 0.2) is 0 Å². The summed E-state index contributed by atoms with van der Waals surface area (Å²) in [6.45, 7) is 10.3. The van der Waals surface area contributed by atoms with Crippen molar-refractivity contribution in [2.24, 2.45) is 23.5 Å². The summed E-state index contributed by atoms with van der Waals surface area (Å²) >= 11 is 0. The lowest BCUT2D eigenvalue weighted by atomic mass is 9.72. The van der Waals surface area contributed by atoms with Crippen molar-refractivity contribution in [3.05, 3.63) is 0 Å². The van der Waals surface area contributed by atoms with Crippen molar-refractivity contribution in [1.29, 1.82) is 0 Å². The van der Waals surface area contributed by atoms with E-state index in [-0.39, 0.29) is 0 Å². The largest absolute Gasteiger partial charge is 0.329 e. The van der Waals surface area contributed by atoms with Crippen LogP contribution in [0.4, 0.5) is 0 Å². The molecule has 118 valence electrons. The summed E-state index contributed by atoms with van der Waals surface area (Å²) in [5.74, 6) is 2.87. The van der Waals surface area contributed by atoms with Crippen molar-refractivity contribution >= 4 is 0 Å². The minimum Gasteiger partial charge on any atom is -0.329 e. The molecular weight excluding hydrogens is 244 g/mol. The molecular formula is C18H36N2. The second kappa shape index (κ2) is 7.26. The monoisotopic (exact) mass is 280 g/mol. The van der Waals surface area contributed by atoms with Crippen LogP contribution >= 0.6 is 0 Å². The quantitative estimate of drug-likeness (QED) is 0.727. The first kappa shape index (κ1) is 16.3. The molecule has 2 nitrogen and oxygen atoms in total. The highest BCUT2D eigenvalue weighted by Gasteiger charge is 2.44. The number of nitrogens with zero attached hydrogens (tertiary/aromatic N) is 1. The van der Waals surface area contributed by atoms with E-state index in [0.717, 1.165) is 24.3 Å². The molecule has 0 aromatic carbocycles. The van der Waals surface area contributed by atoms with Gasteiger partial charge in [-0.2, -0.15) is 0 Å². The van der Waals surface area contributed by atoms with Crippen LogP contribution in [-0.2, 0) is 0 Å². The Kier molecular flexibility index (Phi) is 5.92. The highest BCUT2D eigenvalue weighted by atomic mass is 15.2. The molecule has 2 aliphatic carbocycles. The Morgan fingerprint density at radius 3 is 2.30 bits per heavy atom. The Labute approximate surface area is 126 Å². The second-order valence-corrected chi connectivity index (χ2v) is 7.34. The third-order valence-corrected chi connectivity index (χ3v) is 6.21. The summed E-state index contributed by atoms with van der Waals surface area (Å²) in [5, 5.41) is 0. The van der Waals surface area contributed by atoms with E-state index in [2.05, 4.69) is 25.7 Å². The molecule has 0 aliphatic heterocycles. The van der Waals surface area contributed by atoms with E-state index in [1.54, 1.807) is 0 Å². The molecule has 0 radical (unpaired) electrons. The summed E-state index contributed by atoms with van der Waals surface area (Å²) < 4.78 is 0. The SMILES string of the molecule is CCC(CC)CN(CC)C1(CN)CCCC(C2CC2)C1. The van der Waals surface area contributed by atoms with Crippen LogP contribution in [0.2, 0.25) is 0 Å². The van der Waals surface area contributed by atoms with Gasteiger partial charge in [-0.15, -0.1) is 0 Å². The van der Waals surface area contributed by atoms with Crippen molar-refractivity contribution in [3.63, 3.8) is 0 Å². The van der Waals surface area contributed by atoms with Gasteiger partial charge in [-0.1, -0.05) is 46.5 Å². The molecule has 0 bridgehead atoms. The number of hydrogen-bond donors (Lipinski definition) is 1. The summed E-state index contributed by atoms with van der Waals surface area (Å²) in [6, 6.07) is 0. The maximum atomic E-state index is 6.31. The second-order valence-electron chi connectivity index (χ2n) is 7.34. The van der Waals surface area contributed by atoms with Crippen LogP contribution in [-0.4, -0.2) is 30.1 Å². The highest BCUT2D eigenvalue weighted by Crippen LogP contribution is 2.48. The molecule has 0 heterocycles. The average Bonchev–Trinajstić information content (AvgIpc) is 3.33. The molecule has 2 N–H and O–H groups in total. The Morgan fingerprint density at radius 2 is 1.80 bits per heavy atom. The predicted molar refractivity (Wildman–Crippen MR) is 87.8 cm³/mol. The van der Waals surface area contributed by atoms with E-state index in [1.165, 1.54) is 64.5 Å². The number of hydrogen-bond acceptors (Lipinski definition) is 2. The highest BCUT2D eigenvalue weighted by molar-refractivity contribution is 4.99. The molecule has 0 aromatic heterocycles. The van der Waals surface area contributed by atoms with E-state index in [9.17, 15) is 0 Å². The normalized spacial score (nSPS) is 31.2. The zero-order valence-corrected chi connectivity index (χ0v) is 14.0. The van der Waals surface area contributed by atoms with Crippen LogP contribution in [0.3, 0.4) is 0 Å². The first-order valence-electron chi connectivity index (χ1n) is 9.14. The zero-order chi connectivity index (χ0) is 14.6. The molecule has 0 spiro atoms. The smallest absolute Gasteiger partial charge is 0.0334 e. The van der Waals surface area contributed by atoms with Gasteiger partial charge < -0.3 is 5.73 Å². The Balaban J connectivity index is 2.05. The van der Waals surface area contributed by atoms with Crippen LogP contribution in [0.5, 0.6) is 0 Å². The van der Waals surface area contributed by atoms with E-state index >= 15 is 0 Å². The van der Waals surface area contributed by atoms with E-state index in [4.69, 9.17) is 5.73 Å². The molecule has 2 aliphatic rings. The van der Waals surface area contributed by atoms with Crippen LogP contribution in [0.1, 0.15) is 72.1 Å². The Morgan fingerprint density at radius 1 is 1.10 bits per heavy atom. The molecule has 2 fully saturated rings. The van der Waals surface area contributed by atoms with Crippen molar-refractivity contribution in [3.8, 4) is 0 Å². The third-order valence-electron chi connectivity index (χ3n) is 6.21. The molecule has 2 saturated carbocycles. The van der Waals surface area contributed by atoms with Crippen LogP contribution < -0.4 is 5.73 Å². The maximum Gasteiger partial charge on any atom is 0.0334 e. The number of likely N-dealkylation sites (N-methyl/N-ethyl adjacent to an activating group) is 1. The standard InChI is InChI=1S/C18H36N2/c1-4-15(5-2)13-20(6-3)18(14-19)11-7-8-17(12-18)16-9-10-16/h15-17H,4-14,19H2,1-3H3. The van der Waals surface area contributed by atoms with Crippen LogP contribution in [0.25, 0.3) is 0 Å². The molecule has 2 rings (SSSR count). The van der Waals surface area contributed by atoms with Gasteiger partial charge in [-0.05, 0) is 50.0 Å². The summed E-state index contributed by atoms with van der Waals surface area (Å²) in [7, 11) is 0. The van der Waals surface area contributed by atoms with E-state index in [0.29, 0.717) is 5.54 Å². The van der Waals surface area contributed by atoms with E-state index < -0.39 is 0 Å².